The number of unbranched alkanes of at least 4 members (excludes halogenated alkanes) is 2. The molecular formula is C36H34S. The smallest absolute Gasteiger partial charge is 0.0349 e. The Bertz CT molecular complexity index is 1700. The molecule has 0 aliphatic rings. The van der Waals surface area contributed by atoms with E-state index in [1.54, 1.807) is 0 Å². The zero-order valence-corrected chi connectivity index (χ0v) is 22.7. The molecule has 0 aliphatic heterocycles. The van der Waals surface area contributed by atoms with Crippen LogP contribution in [0.5, 0.6) is 0 Å². The Hall–Kier alpha value is -3.42. The molecule has 0 unspecified atom stereocenters. The molecule has 0 atom stereocenters. The number of thiophene rings is 1. The molecule has 1 heterocycles. The second kappa shape index (κ2) is 10.5. The molecule has 0 fully saturated rings. The van der Waals surface area contributed by atoms with Gasteiger partial charge in [-0.2, -0.15) is 0 Å². The number of rotatable bonds is 8. The van der Waals surface area contributed by atoms with Crippen LogP contribution in [0, 0.1) is 0 Å². The first-order chi connectivity index (χ1) is 18.3. The van der Waals surface area contributed by atoms with Crippen molar-refractivity contribution in [3.63, 3.8) is 0 Å². The normalized spacial score (nSPS) is 11.6. The van der Waals surface area contributed by atoms with E-state index in [0.717, 1.165) is 12.8 Å². The minimum Gasteiger partial charge on any atom is -0.135 e. The van der Waals surface area contributed by atoms with Gasteiger partial charge in [0, 0.05) is 9.75 Å². The fourth-order valence-corrected chi connectivity index (χ4v) is 6.75. The van der Waals surface area contributed by atoms with E-state index in [4.69, 9.17) is 0 Å². The van der Waals surface area contributed by atoms with Crippen LogP contribution < -0.4 is 0 Å². The Morgan fingerprint density at radius 2 is 1.03 bits per heavy atom. The van der Waals surface area contributed by atoms with Gasteiger partial charge in [0.15, 0.2) is 0 Å². The molecule has 0 amide bonds. The van der Waals surface area contributed by atoms with Crippen molar-refractivity contribution < 1.29 is 0 Å². The Balaban J connectivity index is 1.48. The standard InChI is InChI=1S/C36H34S/c1-3-5-13-29-30-15-9-10-16-31(30)32(14-6-4-2)34-24-28(19-20-33(29)34)36-22-21-35(37-36)27-18-17-25-11-7-8-12-26(25)23-27/h7-12,15-24H,3-6,13-14H2,1-2H3. The van der Waals surface area contributed by atoms with Crippen LogP contribution in [0.3, 0.4) is 0 Å². The number of benzene rings is 5. The topological polar surface area (TPSA) is 0 Å². The van der Waals surface area contributed by atoms with Crippen molar-refractivity contribution in [2.45, 2.75) is 52.4 Å². The van der Waals surface area contributed by atoms with Crippen LogP contribution in [0.4, 0.5) is 0 Å². The summed E-state index contributed by atoms with van der Waals surface area (Å²) in [6.07, 6.45) is 7.17. The molecule has 0 saturated heterocycles. The third kappa shape index (κ3) is 4.58. The molecule has 37 heavy (non-hydrogen) atoms. The molecule has 0 saturated carbocycles. The average molecular weight is 499 g/mol. The first-order valence-corrected chi connectivity index (χ1v) is 14.6. The second-order valence-electron chi connectivity index (χ2n) is 10.2. The van der Waals surface area contributed by atoms with Gasteiger partial charge < -0.3 is 0 Å². The number of hydrogen-bond donors (Lipinski definition) is 0. The van der Waals surface area contributed by atoms with E-state index in [-0.39, 0.29) is 0 Å². The van der Waals surface area contributed by atoms with Gasteiger partial charge >= 0.3 is 0 Å². The zero-order valence-electron chi connectivity index (χ0n) is 21.9. The van der Waals surface area contributed by atoms with Crippen molar-refractivity contribution in [3.05, 3.63) is 108 Å². The Morgan fingerprint density at radius 1 is 0.486 bits per heavy atom. The predicted octanol–water partition coefficient (Wildman–Crippen LogP) is 11.2. The third-order valence-corrected chi connectivity index (χ3v) is 8.92. The van der Waals surface area contributed by atoms with Crippen LogP contribution in [0.1, 0.15) is 50.7 Å². The molecule has 0 spiro atoms. The van der Waals surface area contributed by atoms with Crippen LogP contribution in [0.25, 0.3) is 53.2 Å². The Morgan fingerprint density at radius 3 is 1.70 bits per heavy atom. The van der Waals surface area contributed by atoms with Crippen molar-refractivity contribution in [2.75, 3.05) is 0 Å². The highest BCUT2D eigenvalue weighted by atomic mass is 32.1. The van der Waals surface area contributed by atoms with Gasteiger partial charge in [0.1, 0.15) is 0 Å². The molecule has 1 aromatic heterocycles. The lowest BCUT2D eigenvalue weighted by molar-refractivity contribution is 0.797. The monoisotopic (exact) mass is 498 g/mol. The summed E-state index contributed by atoms with van der Waals surface area (Å²) >= 11 is 1.90. The quantitative estimate of drug-likeness (QED) is 0.183. The van der Waals surface area contributed by atoms with E-state index in [0.29, 0.717) is 0 Å². The van der Waals surface area contributed by atoms with Gasteiger partial charge in [0.2, 0.25) is 0 Å². The fourth-order valence-electron chi connectivity index (χ4n) is 5.75. The summed E-state index contributed by atoms with van der Waals surface area (Å²) in [6.45, 7) is 4.59. The van der Waals surface area contributed by atoms with Gasteiger partial charge in [0.25, 0.3) is 0 Å². The van der Waals surface area contributed by atoms with E-state index in [1.165, 1.54) is 90.0 Å². The highest BCUT2D eigenvalue weighted by molar-refractivity contribution is 7.18. The molecule has 0 nitrogen and oxygen atoms in total. The minimum absolute atomic E-state index is 1.14. The van der Waals surface area contributed by atoms with Gasteiger partial charge in [-0.3, -0.25) is 0 Å². The van der Waals surface area contributed by atoms with Gasteiger partial charge in [-0.05, 0) is 105 Å². The average Bonchev–Trinajstić information content (AvgIpc) is 3.45. The van der Waals surface area contributed by atoms with Crippen LogP contribution >= 0.6 is 11.3 Å². The van der Waals surface area contributed by atoms with E-state index in [1.807, 2.05) is 11.3 Å². The first kappa shape index (κ1) is 23.9. The Labute approximate surface area is 224 Å². The lowest BCUT2D eigenvalue weighted by Crippen LogP contribution is -1.97. The van der Waals surface area contributed by atoms with Gasteiger partial charge in [-0.15, -0.1) is 11.3 Å². The van der Waals surface area contributed by atoms with E-state index < -0.39 is 0 Å². The molecule has 184 valence electrons. The van der Waals surface area contributed by atoms with Gasteiger partial charge in [-0.25, -0.2) is 0 Å². The predicted molar refractivity (Wildman–Crippen MR) is 165 cm³/mol. The molecular weight excluding hydrogens is 464 g/mol. The molecule has 6 aromatic rings. The molecule has 1 heteroatoms. The van der Waals surface area contributed by atoms with E-state index in [2.05, 4.69) is 111 Å². The Kier molecular flexibility index (Phi) is 6.81. The van der Waals surface area contributed by atoms with Crippen molar-refractivity contribution in [1.29, 1.82) is 0 Å². The maximum Gasteiger partial charge on any atom is 0.0349 e. The van der Waals surface area contributed by atoms with E-state index in [9.17, 15) is 0 Å². The summed E-state index contributed by atoms with van der Waals surface area (Å²) < 4.78 is 0. The highest BCUT2D eigenvalue weighted by Gasteiger charge is 2.15. The van der Waals surface area contributed by atoms with Crippen molar-refractivity contribution >= 4 is 43.7 Å². The fraction of sp³-hybridized carbons (Fsp3) is 0.222. The zero-order chi connectivity index (χ0) is 25.2. The summed E-state index contributed by atoms with van der Waals surface area (Å²) in [5.74, 6) is 0. The van der Waals surface area contributed by atoms with Crippen LogP contribution in [-0.2, 0) is 12.8 Å². The highest BCUT2D eigenvalue weighted by Crippen LogP contribution is 2.40. The van der Waals surface area contributed by atoms with Crippen LogP contribution in [0.15, 0.2) is 97.1 Å². The summed E-state index contributed by atoms with van der Waals surface area (Å²) in [7, 11) is 0. The maximum atomic E-state index is 2.48. The second-order valence-corrected chi connectivity index (χ2v) is 11.3. The first-order valence-electron chi connectivity index (χ1n) is 13.8. The van der Waals surface area contributed by atoms with Crippen LogP contribution in [0.2, 0.25) is 0 Å². The van der Waals surface area contributed by atoms with Crippen LogP contribution in [-0.4, -0.2) is 0 Å². The molecule has 0 aliphatic carbocycles. The summed E-state index contributed by atoms with van der Waals surface area (Å²) in [5.41, 5.74) is 5.69. The summed E-state index contributed by atoms with van der Waals surface area (Å²) in [6, 6.07) is 36.4. The molecule has 0 bridgehead atoms. The number of hydrogen-bond acceptors (Lipinski definition) is 1. The molecule has 0 N–H and O–H groups in total. The van der Waals surface area contributed by atoms with Crippen molar-refractivity contribution in [3.8, 4) is 20.9 Å². The van der Waals surface area contributed by atoms with E-state index >= 15 is 0 Å². The molecule has 0 radical (unpaired) electrons. The number of fused-ring (bicyclic) bond motifs is 3. The lowest BCUT2D eigenvalue weighted by atomic mass is 9.87. The molecule has 6 rings (SSSR count). The third-order valence-electron chi connectivity index (χ3n) is 7.73. The van der Waals surface area contributed by atoms with Crippen molar-refractivity contribution in [2.24, 2.45) is 0 Å². The number of aryl methyl sites for hydroxylation is 2. The maximum absolute atomic E-state index is 2.48. The summed E-state index contributed by atoms with van der Waals surface area (Å²) in [4.78, 5) is 2.67. The molecule has 5 aromatic carbocycles. The van der Waals surface area contributed by atoms with Crippen molar-refractivity contribution in [1.82, 2.24) is 0 Å². The summed E-state index contributed by atoms with van der Waals surface area (Å²) in [5, 5.41) is 8.41. The largest absolute Gasteiger partial charge is 0.135 e. The SMILES string of the molecule is CCCCc1c2ccccc2c(CCCC)c2cc(-c3ccc(-c4ccc5ccccc5c4)s3)ccc12. The minimum atomic E-state index is 1.14. The van der Waals surface area contributed by atoms with Gasteiger partial charge in [0.05, 0.1) is 0 Å². The lowest BCUT2D eigenvalue weighted by Gasteiger charge is -2.18. The van der Waals surface area contributed by atoms with Gasteiger partial charge in [-0.1, -0.05) is 99.5 Å².